The summed E-state index contributed by atoms with van der Waals surface area (Å²) in [7, 11) is 0. The molecule has 118 valence electrons. The highest BCUT2D eigenvalue weighted by Gasteiger charge is 2.30. The lowest BCUT2D eigenvalue weighted by Crippen LogP contribution is -2.46. The van der Waals surface area contributed by atoms with Gasteiger partial charge in [0.05, 0.1) is 6.04 Å². The third-order valence-corrected chi connectivity index (χ3v) is 4.11. The van der Waals surface area contributed by atoms with Crippen molar-refractivity contribution in [2.45, 2.75) is 52.5 Å². The molecule has 21 heavy (non-hydrogen) atoms. The van der Waals surface area contributed by atoms with Crippen LogP contribution in [-0.4, -0.2) is 18.5 Å². The number of nitrogens with zero attached hydrogens (tertiary/aromatic N) is 1. The van der Waals surface area contributed by atoms with Crippen molar-refractivity contribution in [2.75, 3.05) is 11.4 Å². The molecule has 0 aliphatic carbocycles. The highest BCUT2D eigenvalue weighted by Crippen LogP contribution is 2.33. The van der Waals surface area contributed by atoms with E-state index in [2.05, 4.69) is 39.0 Å². The standard InChI is InChI=1S/C17H26N2O.ClH/c1-11(2)15(18)16(20)19-9-8-12-10-13(17(3,4)5)6-7-14(12)19;/h6-7,10-11,15H,8-9,18H2,1-5H3;1H/t15-;/m0./s1. The topological polar surface area (TPSA) is 46.3 Å². The van der Waals surface area contributed by atoms with Gasteiger partial charge in [0.15, 0.2) is 0 Å². The largest absolute Gasteiger partial charge is 0.320 e. The van der Waals surface area contributed by atoms with E-state index in [0.29, 0.717) is 0 Å². The van der Waals surface area contributed by atoms with Crippen LogP contribution in [0.25, 0.3) is 0 Å². The molecule has 4 heteroatoms. The summed E-state index contributed by atoms with van der Waals surface area (Å²) >= 11 is 0. The molecule has 3 nitrogen and oxygen atoms in total. The van der Waals surface area contributed by atoms with E-state index in [-0.39, 0.29) is 29.6 Å². The summed E-state index contributed by atoms with van der Waals surface area (Å²) in [5, 5.41) is 0. The predicted octanol–water partition coefficient (Wildman–Crippen LogP) is 3.28. The maximum atomic E-state index is 12.4. The molecule has 2 N–H and O–H groups in total. The molecule has 1 aromatic rings. The van der Waals surface area contributed by atoms with Crippen LogP contribution in [0.15, 0.2) is 18.2 Å². The van der Waals surface area contributed by atoms with Crippen LogP contribution in [0.4, 0.5) is 5.69 Å². The van der Waals surface area contributed by atoms with Crippen molar-refractivity contribution in [3.8, 4) is 0 Å². The number of anilines is 1. The maximum absolute atomic E-state index is 12.4. The molecule has 2 rings (SSSR count). The van der Waals surface area contributed by atoms with Crippen molar-refractivity contribution in [1.82, 2.24) is 0 Å². The maximum Gasteiger partial charge on any atom is 0.244 e. The van der Waals surface area contributed by atoms with Gasteiger partial charge in [-0.05, 0) is 34.9 Å². The number of fused-ring (bicyclic) bond motifs is 1. The Morgan fingerprint density at radius 2 is 1.90 bits per heavy atom. The first-order valence-corrected chi connectivity index (χ1v) is 7.42. The highest BCUT2D eigenvalue weighted by atomic mass is 35.5. The van der Waals surface area contributed by atoms with Gasteiger partial charge in [-0.2, -0.15) is 0 Å². The van der Waals surface area contributed by atoms with Crippen molar-refractivity contribution in [3.63, 3.8) is 0 Å². The molecule has 1 aliphatic rings. The van der Waals surface area contributed by atoms with Crippen LogP contribution >= 0.6 is 12.4 Å². The minimum atomic E-state index is -0.414. The summed E-state index contributed by atoms with van der Waals surface area (Å²) in [5.74, 6) is 0.211. The highest BCUT2D eigenvalue weighted by molar-refractivity contribution is 5.99. The number of hydrogen-bond acceptors (Lipinski definition) is 2. The van der Waals surface area contributed by atoms with E-state index in [4.69, 9.17) is 5.73 Å². The molecule has 1 heterocycles. The van der Waals surface area contributed by atoms with E-state index < -0.39 is 6.04 Å². The van der Waals surface area contributed by atoms with Crippen molar-refractivity contribution in [1.29, 1.82) is 0 Å². The first-order chi connectivity index (χ1) is 9.21. The number of carbonyl (C=O) groups is 1. The smallest absolute Gasteiger partial charge is 0.244 e. The quantitative estimate of drug-likeness (QED) is 0.911. The van der Waals surface area contributed by atoms with Crippen LogP contribution in [0.3, 0.4) is 0 Å². The molecule has 0 bridgehead atoms. The van der Waals surface area contributed by atoms with E-state index in [1.165, 1.54) is 11.1 Å². The number of benzene rings is 1. The van der Waals surface area contributed by atoms with Gasteiger partial charge < -0.3 is 10.6 Å². The fourth-order valence-corrected chi connectivity index (χ4v) is 2.56. The summed E-state index contributed by atoms with van der Waals surface area (Å²) in [4.78, 5) is 14.3. The van der Waals surface area contributed by atoms with Gasteiger partial charge in [-0.15, -0.1) is 12.4 Å². The van der Waals surface area contributed by atoms with Gasteiger partial charge in [-0.3, -0.25) is 4.79 Å². The Morgan fingerprint density at radius 3 is 2.43 bits per heavy atom. The molecule has 1 aromatic carbocycles. The second-order valence-electron chi connectivity index (χ2n) is 7.10. The van der Waals surface area contributed by atoms with E-state index in [9.17, 15) is 4.79 Å². The lowest BCUT2D eigenvalue weighted by molar-refractivity contribution is -0.120. The molecule has 0 saturated heterocycles. The van der Waals surface area contributed by atoms with Gasteiger partial charge >= 0.3 is 0 Å². The van der Waals surface area contributed by atoms with Crippen LogP contribution in [0, 0.1) is 5.92 Å². The summed E-state index contributed by atoms with van der Waals surface area (Å²) in [6.45, 7) is 11.4. The van der Waals surface area contributed by atoms with E-state index in [0.717, 1.165) is 18.7 Å². The summed E-state index contributed by atoms with van der Waals surface area (Å²) in [6, 6.07) is 6.03. The Balaban J connectivity index is 0.00000220. The van der Waals surface area contributed by atoms with Crippen molar-refractivity contribution in [2.24, 2.45) is 11.7 Å². The monoisotopic (exact) mass is 310 g/mol. The molecule has 0 fully saturated rings. The Hall–Kier alpha value is -1.06. The normalized spacial score (nSPS) is 15.7. The average Bonchev–Trinajstić information content (AvgIpc) is 2.78. The fraction of sp³-hybridized carbons (Fsp3) is 0.588. The van der Waals surface area contributed by atoms with Gasteiger partial charge in [-0.1, -0.05) is 46.8 Å². The zero-order chi connectivity index (χ0) is 15.1. The van der Waals surface area contributed by atoms with E-state index in [1.807, 2.05) is 18.7 Å². The van der Waals surface area contributed by atoms with Crippen LogP contribution in [0.1, 0.15) is 45.7 Å². The summed E-state index contributed by atoms with van der Waals surface area (Å²) in [5.41, 5.74) is 9.77. The van der Waals surface area contributed by atoms with Gasteiger partial charge in [0.25, 0.3) is 0 Å². The second kappa shape index (κ2) is 6.37. The molecule has 0 aromatic heterocycles. The van der Waals surface area contributed by atoms with E-state index >= 15 is 0 Å². The number of hydrogen-bond donors (Lipinski definition) is 1. The van der Waals surface area contributed by atoms with Crippen LogP contribution in [0.2, 0.25) is 0 Å². The zero-order valence-electron chi connectivity index (χ0n) is 13.6. The predicted molar refractivity (Wildman–Crippen MR) is 91.3 cm³/mol. The Bertz CT molecular complexity index is 520. The number of carbonyl (C=O) groups excluding carboxylic acids is 1. The minimum absolute atomic E-state index is 0. The molecule has 0 unspecified atom stereocenters. The lowest BCUT2D eigenvalue weighted by atomic mass is 9.86. The third-order valence-electron chi connectivity index (χ3n) is 4.11. The number of amides is 1. The number of nitrogens with two attached hydrogens (primary N) is 1. The summed E-state index contributed by atoms with van der Waals surface area (Å²) in [6.07, 6.45) is 0.926. The number of rotatable bonds is 2. The Kier molecular flexibility index (Phi) is 5.46. The molecule has 1 atom stereocenters. The zero-order valence-corrected chi connectivity index (χ0v) is 14.5. The van der Waals surface area contributed by atoms with Gasteiger partial charge in [0.2, 0.25) is 5.91 Å². The van der Waals surface area contributed by atoms with Crippen molar-refractivity contribution >= 4 is 24.0 Å². The van der Waals surface area contributed by atoms with Gasteiger partial charge in [0, 0.05) is 12.2 Å². The first kappa shape index (κ1) is 18.0. The molecule has 1 amide bonds. The Labute approximate surface area is 134 Å². The van der Waals surface area contributed by atoms with E-state index in [1.54, 1.807) is 0 Å². The molecular formula is C17H27ClN2O. The van der Waals surface area contributed by atoms with Crippen molar-refractivity contribution in [3.05, 3.63) is 29.3 Å². The first-order valence-electron chi connectivity index (χ1n) is 7.42. The lowest BCUT2D eigenvalue weighted by Gasteiger charge is -2.24. The molecule has 0 spiro atoms. The fourth-order valence-electron chi connectivity index (χ4n) is 2.56. The molecular weight excluding hydrogens is 284 g/mol. The van der Waals surface area contributed by atoms with Crippen molar-refractivity contribution < 1.29 is 4.79 Å². The minimum Gasteiger partial charge on any atom is -0.320 e. The average molecular weight is 311 g/mol. The Morgan fingerprint density at radius 1 is 1.29 bits per heavy atom. The SMILES string of the molecule is CC(C)[C@H](N)C(=O)N1CCc2cc(C(C)(C)C)ccc21.Cl. The molecule has 0 saturated carbocycles. The third kappa shape index (κ3) is 3.58. The second-order valence-corrected chi connectivity index (χ2v) is 7.10. The number of halogens is 1. The van der Waals surface area contributed by atoms with Crippen LogP contribution in [0.5, 0.6) is 0 Å². The van der Waals surface area contributed by atoms with Crippen LogP contribution in [-0.2, 0) is 16.6 Å². The van der Waals surface area contributed by atoms with Gasteiger partial charge in [-0.25, -0.2) is 0 Å². The van der Waals surface area contributed by atoms with Crippen LogP contribution < -0.4 is 10.6 Å². The molecule has 0 radical (unpaired) electrons. The van der Waals surface area contributed by atoms with Gasteiger partial charge in [0.1, 0.15) is 0 Å². The summed E-state index contributed by atoms with van der Waals surface area (Å²) < 4.78 is 0. The molecule has 1 aliphatic heterocycles.